The minimum atomic E-state index is -0.414. The zero-order valence-electron chi connectivity index (χ0n) is 11.9. The maximum absolute atomic E-state index is 5.85. The van der Waals surface area contributed by atoms with Gasteiger partial charge in [0.15, 0.2) is 0 Å². The van der Waals surface area contributed by atoms with Crippen molar-refractivity contribution in [2.45, 2.75) is 52.6 Å². The van der Waals surface area contributed by atoms with Crippen LogP contribution in [0.25, 0.3) is 0 Å². The predicted molar refractivity (Wildman–Crippen MR) is 70.1 cm³/mol. The molecule has 0 aromatic carbocycles. The molecule has 0 aliphatic rings. The Bertz CT molecular complexity index is 348. The summed E-state index contributed by atoms with van der Waals surface area (Å²) in [6.45, 7) is 9.48. The van der Waals surface area contributed by atoms with E-state index in [9.17, 15) is 0 Å². The van der Waals surface area contributed by atoms with Gasteiger partial charge in [0.05, 0.1) is 0 Å². The van der Waals surface area contributed by atoms with E-state index < -0.39 is 5.60 Å². The molecule has 0 amide bonds. The van der Waals surface area contributed by atoms with Crippen LogP contribution in [-0.2, 0) is 16.8 Å². The highest BCUT2D eigenvalue weighted by Gasteiger charge is 2.34. The Balaban J connectivity index is 2.87. The zero-order chi connectivity index (χ0) is 13.6. The number of aromatic nitrogens is 2. The Hall–Kier alpha value is -0.940. The van der Waals surface area contributed by atoms with E-state index in [0.717, 1.165) is 19.3 Å². The molecule has 5 nitrogen and oxygen atoms in total. The number of ether oxygens (including phenoxy) is 1. The van der Waals surface area contributed by atoms with Gasteiger partial charge in [-0.2, -0.15) is 4.98 Å². The summed E-state index contributed by atoms with van der Waals surface area (Å²) >= 11 is 0. The largest absolute Gasteiger partial charge is 0.367 e. The lowest BCUT2D eigenvalue weighted by Crippen LogP contribution is -2.29. The lowest BCUT2D eigenvalue weighted by molar-refractivity contribution is -0.0583. The van der Waals surface area contributed by atoms with E-state index in [1.807, 2.05) is 6.92 Å². The summed E-state index contributed by atoms with van der Waals surface area (Å²) in [4.78, 5) is 4.47. The number of hydrogen-bond donors (Lipinski definition) is 1. The van der Waals surface area contributed by atoms with Crippen molar-refractivity contribution in [3.63, 3.8) is 0 Å². The van der Waals surface area contributed by atoms with Crippen molar-refractivity contribution in [2.75, 3.05) is 13.2 Å². The lowest BCUT2D eigenvalue weighted by atomic mass is 9.96. The summed E-state index contributed by atoms with van der Waals surface area (Å²) in [5, 5.41) is 4.08. The van der Waals surface area contributed by atoms with Crippen molar-refractivity contribution in [1.82, 2.24) is 10.1 Å². The van der Waals surface area contributed by atoms with Crippen LogP contribution in [0.3, 0.4) is 0 Å². The molecule has 0 saturated carbocycles. The van der Waals surface area contributed by atoms with Crippen LogP contribution >= 0.6 is 0 Å². The highest BCUT2D eigenvalue weighted by atomic mass is 16.5. The predicted octanol–water partition coefficient (Wildman–Crippen LogP) is 2.26. The van der Waals surface area contributed by atoms with Gasteiger partial charge < -0.3 is 15.0 Å². The van der Waals surface area contributed by atoms with E-state index in [1.54, 1.807) is 0 Å². The second-order valence-electron chi connectivity index (χ2n) is 4.69. The third-order valence-corrected chi connectivity index (χ3v) is 3.36. The Morgan fingerprint density at radius 1 is 1.33 bits per heavy atom. The van der Waals surface area contributed by atoms with Gasteiger partial charge in [-0.25, -0.2) is 0 Å². The first kappa shape index (κ1) is 15.1. The number of rotatable bonds is 8. The molecule has 1 unspecified atom stereocenters. The summed E-state index contributed by atoms with van der Waals surface area (Å²) < 4.78 is 11.1. The summed E-state index contributed by atoms with van der Waals surface area (Å²) in [6.07, 6.45) is 2.39. The second kappa shape index (κ2) is 6.85. The SMILES string of the molecule is CCOC(CC)(CC)c1noc(CC(C)CN)n1. The smallest absolute Gasteiger partial charge is 0.227 e. The molecule has 1 heterocycles. The average Bonchev–Trinajstić information content (AvgIpc) is 2.84. The number of nitrogens with two attached hydrogens (primary N) is 1. The third-order valence-electron chi connectivity index (χ3n) is 3.36. The molecule has 2 N–H and O–H groups in total. The van der Waals surface area contributed by atoms with Crippen LogP contribution in [0, 0.1) is 5.92 Å². The van der Waals surface area contributed by atoms with Gasteiger partial charge in [0.2, 0.25) is 11.7 Å². The monoisotopic (exact) mass is 255 g/mol. The Labute approximate surface area is 109 Å². The van der Waals surface area contributed by atoms with Crippen LogP contribution in [0.15, 0.2) is 4.52 Å². The molecule has 0 aliphatic heterocycles. The van der Waals surface area contributed by atoms with Crippen LogP contribution in [0.5, 0.6) is 0 Å². The maximum Gasteiger partial charge on any atom is 0.227 e. The van der Waals surface area contributed by atoms with Crippen molar-refractivity contribution in [2.24, 2.45) is 11.7 Å². The number of nitrogens with zero attached hydrogens (tertiary/aromatic N) is 2. The van der Waals surface area contributed by atoms with E-state index in [1.165, 1.54) is 0 Å². The molecule has 1 aromatic heterocycles. The molecule has 5 heteroatoms. The number of hydrogen-bond acceptors (Lipinski definition) is 5. The molecule has 0 radical (unpaired) electrons. The van der Waals surface area contributed by atoms with Crippen molar-refractivity contribution in [3.8, 4) is 0 Å². The molecule has 18 heavy (non-hydrogen) atoms. The molecule has 1 rings (SSSR count). The van der Waals surface area contributed by atoms with Gasteiger partial charge in [-0.05, 0) is 32.2 Å². The standard InChI is InChI=1S/C13H25N3O2/c1-5-13(6-2,17-7-3)12-15-11(18-16-12)8-10(4)9-14/h10H,5-9,14H2,1-4H3. The van der Waals surface area contributed by atoms with Gasteiger partial charge in [0, 0.05) is 13.0 Å². The van der Waals surface area contributed by atoms with Crippen LogP contribution in [0.1, 0.15) is 52.3 Å². The van der Waals surface area contributed by atoms with Gasteiger partial charge in [0.1, 0.15) is 5.60 Å². The van der Waals surface area contributed by atoms with E-state index in [4.69, 9.17) is 15.0 Å². The van der Waals surface area contributed by atoms with E-state index >= 15 is 0 Å². The van der Waals surface area contributed by atoms with Gasteiger partial charge in [0.25, 0.3) is 0 Å². The fourth-order valence-electron chi connectivity index (χ4n) is 2.02. The Morgan fingerprint density at radius 3 is 2.50 bits per heavy atom. The lowest BCUT2D eigenvalue weighted by Gasteiger charge is -2.27. The minimum absolute atomic E-state index is 0.350. The third kappa shape index (κ3) is 3.29. The molecule has 1 atom stereocenters. The first-order valence-electron chi connectivity index (χ1n) is 6.78. The highest BCUT2D eigenvalue weighted by molar-refractivity contribution is 5.01. The summed E-state index contributed by atoms with van der Waals surface area (Å²) in [7, 11) is 0. The molecule has 0 bridgehead atoms. The quantitative estimate of drug-likeness (QED) is 0.771. The van der Waals surface area contributed by atoms with Crippen LogP contribution < -0.4 is 5.73 Å². The Kier molecular flexibility index (Phi) is 5.75. The normalized spacial score (nSPS) is 13.8. The molecule has 0 fully saturated rings. The highest BCUT2D eigenvalue weighted by Crippen LogP contribution is 2.31. The average molecular weight is 255 g/mol. The molecule has 0 saturated heterocycles. The molecule has 1 aromatic rings. The van der Waals surface area contributed by atoms with Crippen LogP contribution in [0.4, 0.5) is 0 Å². The van der Waals surface area contributed by atoms with Crippen LogP contribution in [-0.4, -0.2) is 23.3 Å². The fourth-order valence-corrected chi connectivity index (χ4v) is 2.02. The topological polar surface area (TPSA) is 74.2 Å². The van der Waals surface area contributed by atoms with Gasteiger partial charge in [-0.1, -0.05) is 25.9 Å². The van der Waals surface area contributed by atoms with E-state index in [2.05, 4.69) is 30.9 Å². The molecule has 0 spiro atoms. The van der Waals surface area contributed by atoms with Gasteiger partial charge in [-0.15, -0.1) is 0 Å². The second-order valence-corrected chi connectivity index (χ2v) is 4.69. The van der Waals surface area contributed by atoms with Crippen molar-refractivity contribution < 1.29 is 9.26 Å². The molecule has 0 aliphatic carbocycles. The summed E-state index contributed by atoms with van der Waals surface area (Å²) in [5.41, 5.74) is 5.18. The summed E-state index contributed by atoms with van der Waals surface area (Å²) in [6, 6.07) is 0. The van der Waals surface area contributed by atoms with Gasteiger partial charge in [-0.3, -0.25) is 0 Å². The van der Waals surface area contributed by atoms with Crippen molar-refractivity contribution >= 4 is 0 Å². The van der Waals surface area contributed by atoms with E-state index in [-0.39, 0.29) is 0 Å². The molecule has 104 valence electrons. The first-order chi connectivity index (χ1) is 8.61. The van der Waals surface area contributed by atoms with Crippen LogP contribution in [0.2, 0.25) is 0 Å². The molecular weight excluding hydrogens is 230 g/mol. The summed E-state index contributed by atoms with van der Waals surface area (Å²) in [5.74, 6) is 1.66. The zero-order valence-corrected chi connectivity index (χ0v) is 11.9. The minimum Gasteiger partial charge on any atom is -0.367 e. The fraction of sp³-hybridized carbons (Fsp3) is 0.846. The molecular formula is C13H25N3O2. The first-order valence-corrected chi connectivity index (χ1v) is 6.78. The van der Waals surface area contributed by atoms with Crippen molar-refractivity contribution in [3.05, 3.63) is 11.7 Å². The van der Waals surface area contributed by atoms with Gasteiger partial charge >= 0.3 is 0 Å². The Morgan fingerprint density at radius 2 is 2.00 bits per heavy atom. The maximum atomic E-state index is 5.85. The van der Waals surface area contributed by atoms with Crippen molar-refractivity contribution in [1.29, 1.82) is 0 Å². The van der Waals surface area contributed by atoms with E-state index in [0.29, 0.717) is 30.8 Å².